The number of halogens is 1. The van der Waals surface area contributed by atoms with E-state index in [1.165, 1.54) is 0 Å². The van der Waals surface area contributed by atoms with E-state index in [1.54, 1.807) is 4.90 Å². The fourth-order valence-electron chi connectivity index (χ4n) is 2.66. The first-order valence-electron chi connectivity index (χ1n) is 7.66. The van der Waals surface area contributed by atoms with Crippen molar-refractivity contribution in [2.75, 3.05) is 7.05 Å². The van der Waals surface area contributed by atoms with Gasteiger partial charge in [0.1, 0.15) is 0 Å². The van der Waals surface area contributed by atoms with Crippen molar-refractivity contribution >= 4 is 17.5 Å². The Labute approximate surface area is 137 Å². The Bertz CT molecular complexity index is 612. The summed E-state index contributed by atoms with van der Waals surface area (Å²) in [5.74, 6) is 0.0865. The first kappa shape index (κ1) is 16.6. The lowest BCUT2D eigenvalue weighted by molar-refractivity contribution is -0.132. The maximum atomic E-state index is 12.8. The molecule has 0 aliphatic heterocycles. The third-order valence-corrected chi connectivity index (χ3v) is 4.00. The van der Waals surface area contributed by atoms with E-state index in [0.717, 1.165) is 24.0 Å². The molecular weight excluding hydrogens is 294 g/mol. The van der Waals surface area contributed by atoms with Crippen molar-refractivity contribution in [3.63, 3.8) is 0 Å². The molecule has 1 atom stereocenters. The topological polar surface area (TPSA) is 20.3 Å². The Morgan fingerprint density at radius 1 is 1.14 bits per heavy atom. The summed E-state index contributed by atoms with van der Waals surface area (Å²) in [6.07, 6.45) is 1.85. The highest BCUT2D eigenvalue weighted by atomic mass is 35.5. The van der Waals surface area contributed by atoms with Crippen LogP contribution in [0, 0.1) is 0 Å². The average Bonchev–Trinajstić information content (AvgIpc) is 2.53. The molecule has 0 fully saturated rings. The molecule has 0 bridgehead atoms. The standard InChI is InChI=1S/C19H22ClNO/c1-3-8-18(16-10-5-4-6-11-16)19(22)21(2)14-15-9-7-12-17(20)13-15/h4-7,9-13,18H,3,8,14H2,1-2H3. The van der Waals surface area contributed by atoms with Gasteiger partial charge in [-0.2, -0.15) is 0 Å². The summed E-state index contributed by atoms with van der Waals surface area (Å²) >= 11 is 6.01. The summed E-state index contributed by atoms with van der Waals surface area (Å²) in [5, 5.41) is 0.700. The van der Waals surface area contributed by atoms with Crippen LogP contribution in [0.5, 0.6) is 0 Å². The monoisotopic (exact) mass is 315 g/mol. The van der Waals surface area contributed by atoms with Crippen LogP contribution in [-0.4, -0.2) is 17.9 Å². The molecule has 116 valence electrons. The molecule has 0 aliphatic carbocycles. The van der Waals surface area contributed by atoms with Gasteiger partial charge in [0.2, 0.25) is 5.91 Å². The molecular formula is C19H22ClNO. The first-order valence-corrected chi connectivity index (χ1v) is 8.04. The zero-order chi connectivity index (χ0) is 15.9. The van der Waals surface area contributed by atoms with Crippen LogP contribution >= 0.6 is 11.6 Å². The lowest BCUT2D eigenvalue weighted by atomic mass is 9.93. The van der Waals surface area contributed by atoms with Gasteiger partial charge in [0.05, 0.1) is 5.92 Å². The smallest absolute Gasteiger partial charge is 0.230 e. The quantitative estimate of drug-likeness (QED) is 0.743. The number of carbonyl (C=O) groups is 1. The second kappa shape index (κ2) is 8.00. The Balaban J connectivity index is 2.13. The van der Waals surface area contributed by atoms with Gasteiger partial charge < -0.3 is 4.90 Å². The maximum absolute atomic E-state index is 12.8. The summed E-state index contributed by atoms with van der Waals surface area (Å²) in [7, 11) is 1.86. The number of hydrogen-bond acceptors (Lipinski definition) is 1. The molecule has 2 nitrogen and oxygen atoms in total. The van der Waals surface area contributed by atoms with Crippen molar-refractivity contribution in [3.05, 3.63) is 70.7 Å². The first-order chi connectivity index (χ1) is 10.6. The molecule has 1 unspecified atom stereocenters. The fourth-order valence-corrected chi connectivity index (χ4v) is 2.87. The van der Waals surface area contributed by atoms with Gasteiger partial charge in [0.15, 0.2) is 0 Å². The van der Waals surface area contributed by atoms with Crippen molar-refractivity contribution in [2.24, 2.45) is 0 Å². The molecule has 2 rings (SSSR count). The molecule has 1 amide bonds. The van der Waals surface area contributed by atoms with Crippen LogP contribution in [0.2, 0.25) is 5.02 Å². The zero-order valence-corrected chi connectivity index (χ0v) is 13.9. The van der Waals surface area contributed by atoms with Gasteiger partial charge in [0.25, 0.3) is 0 Å². The molecule has 2 aromatic rings. The van der Waals surface area contributed by atoms with Gasteiger partial charge in [-0.3, -0.25) is 4.79 Å². The predicted octanol–water partition coefficient (Wildman–Crippen LogP) is 4.88. The Kier molecular flexibility index (Phi) is 6.02. The van der Waals surface area contributed by atoms with E-state index in [0.29, 0.717) is 11.6 Å². The minimum atomic E-state index is -0.0737. The van der Waals surface area contributed by atoms with Gasteiger partial charge >= 0.3 is 0 Å². The van der Waals surface area contributed by atoms with Crippen LogP contribution in [0.4, 0.5) is 0 Å². The third kappa shape index (κ3) is 4.35. The molecule has 0 saturated heterocycles. The van der Waals surface area contributed by atoms with Crippen LogP contribution in [0.1, 0.15) is 36.8 Å². The van der Waals surface area contributed by atoms with Crippen LogP contribution in [0.3, 0.4) is 0 Å². The molecule has 2 aromatic carbocycles. The molecule has 0 saturated carbocycles. The van der Waals surface area contributed by atoms with Gasteiger partial charge in [0, 0.05) is 18.6 Å². The van der Waals surface area contributed by atoms with Crippen molar-refractivity contribution in [3.8, 4) is 0 Å². The number of nitrogens with zero attached hydrogens (tertiary/aromatic N) is 1. The molecule has 3 heteroatoms. The van der Waals surface area contributed by atoms with Gasteiger partial charge in [-0.05, 0) is 29.7 Å². The second-order valence-corrected chi connectivity index (χ2v) is 6.01. The van der Waals surface area contributed by atoms with E-state index < -0.39 is 0 Å². The molecule has 0 aromatic heterocycles. The average molecular weight is 316 g/mol. The third-order valence-electron chi connectivity index (χ3n) is 3.76. The molecule has 0 N–H and O–H groups in total. The summed E-state index contributed by atoms with van der Waals surface area (Å²) in [6.45, 7) is 2.69. The summed E-state index contributed by atoms with van der Waals surface area (Å²) < 4.78 is 0. The van der Waals surface area contributed by atoms with Crippen molar-refractivity contribution in [2.45, 2.75) is 32.2 Å². The maximum Gasteiger partial charge on any atom is 0.230 e. The van der Waals surface area contributed by atoms with E-state index in [4.69, 9.17) is 11.6 Å². The SMILES string of the molecule is CCCC(C(=O)N(C)Cc1cccc(Cl)c1)c1ccccc1. The lowest BCUT2D eigenvalue weighted by Gasteiger charge is -2.24. The van der Waals surface area contributed by atoms with Crippen LogP contribution in [0.15, 0.2) is 54.6 Å². The highest BCUT2D eigenvalue weighted by Crippen LogP contribution is 2.24. The number of benzene rings is 2. The molecule has 0 spiro atoms. The number of likely N-dealkylation sites (N-methyl/N-ethyl adjacent to an activating group) is 1. The highest BCUT2D eigenvalue weighted by molar-refractivity contribution is 6.30. The number of hydrogen-bond donors (Lipinski definition) is 0. The zero-order valence-electron chi connectivity index (χ0n) is 13.1. The predicted molar refractivity (Wildman–Crippen MR) is 92.0 cm³/mol. The number of rotatable bonds is 6. The van der Waals surface area contributed by atoms with E-state index >= 15 is 0 Å². The Hall–Kier alpha value is -1.80. The van der Waals surface area contributed by atoms with E-state index in [-0.39, 0.29) is 11.8 Å². The Morgan fingerprint density at radius 2 is 1.86 bits per heavy atom. The molecule has 0 aliphatic rings. The minimum absolute atomic E-state index is 0.0737. The summed E-state index contributed by atoms with van der Waals surface area (Å²) in [5.41, 5.74) is 2.14. The lowest BCUT2D eigenvalue weighted by Crippen LogP contribution is -2.31. The van der Waals surface area contributed by atoms with Gasteiger partial charge in [-0.25, -0.2) is 0 Å². The van der Waals surface area contributed by atoms with Crippen LogP contribution in [0.25, 0.3) is 0 Å². The highest BCUT2D eigenvalue weighted by Gasteiger charge is 2.23. The normalized spacial score (nSPS) is 12.0. The van der Waals surface area contributed by atoms with Crippen LogP contribution in [-0.2, 0) is 11.3 Å². The van der Waals surface area contributed by atoms with Crippen LogP contribution < -0.4 is 0 Å². The van der Waals surface area contributed by atoms with Crippen molar-refractivity contribution in [1.82, 2.24) is 4.90 Å². The minimum Gasteiger partial charge on any atom is -0.341 e. The van der Waals surface area contributed by atoms with E-state index in [9.17, 15) is 4.79 Å². The number of carbonyl (C=O) groups excluding carboxylic acids is 1. The van der Waals surface area contributed by atoms with E-state index in [2.05, 4.69) is 6.92 Å². The van der Waals surface area contributed by atoms with Gasteiger partial charge in [-0.1, -0.05) is 67.4 Å². The largest absolute Gasteiger partial charge is 0.341 e. The van der Waals surface area contributed by atoms with Crippen molar-refractivity contribution in [1.29, 1.82) is 0 Å². The van der Waals surface area contributed by atoms with Crippen molar-refractivity contribution < 1.29 is 4.79 Å². The number of amides is 1. The summed E-state index contributed by atoms with van der Waals surface area (Å²) in [4.78, 5) is 14.6. The molecule has 0 radical (unpaired) electrons. The molecule has 22 heavy (non-hydrogen) atoms. The Morgan fingerprint density at radius 3 is 2.50 bits per heavy atom. The second-order valence-electron chi connectivity index (χ2n) is 5.58. The van der Waals surface area contributed by atoms with Gasteiger partial charge in [-0.15, -0.1) is 0 Å². The summed E-state index contributed by atoms with van der Waals surface area (Å²) in [6, 6.07) is 17.7. The fraction of sp³-hybridized carbons (Fsp3) is 0.316. The molecule has 0 heterocycles. The van der Waals surface area contributed by atoms with E-state index in [1.807, 2.05) is 61.6 Å².